The molecule has 0 amide bonds. The molecule has 0 saturated carbocycles. The molecule has 1 aliphatic heterocycles. The van der Waals surface area contributed by atoms with Crippen molar-refractivity contribution in [3.05, 3.63) is 65.9 Å². The Morgan fingerprint density at radius 3 is 2.49 bits per heavy atom. The number of aryl methyl sites for hydroxylation is 1. The first-order valence-electron chi connectivity index (χ1n) is 11.7. The standard InChI is InChI=1S/C26H29N7OS/c1-18-4-7-20(8-5-18)32(3)24-11-9-21-25(30-24)35-26(28-21)29-23-10-6-19(16-27-23)22(17-34)33-14-12-31(2)13-15-33/h4-11,16-17,22H,12-15H2,1-3H3,(H,27,28,29). The number of likely N-dealkylation sites (N-methyl/N-ethyl adjacent to an activating group) is 1. The van der Waals surface area contributed by atoms with E-state index in [0.717, 1.165) is 65.0 Å². The molecule has 4 heterocycles. The Labute approximate surface area is 209 Å². The average Bonchev–Trinajstić information content (AvgIpc) is 3.28. The van der Waals surface area contributed by atoms with E-state index in [1.54, 1.807) is 6.20 Å². The van der Waals surface area contributed by atoms with E-state index in [2.05, 4.69) is 68.2 Å². The molecule has 1 N–H and O–H groups in total. The van der Waals surface area contributed by atoms with Crippen molar-refractivity contribution >= 4 is 50.4 Å². The van der Waals surface area contributed by atoms with Crippen LogP contribution >= 0.6 is 11.3 Å². The lowest BCUT2D eigenvalue weighted by atomic mass is 10.1. The molecule has 5 rings (SSSR count). The monoisotopic (exact) mass is 487 g/mol. The van der Waals surface area contributed by atoms with E-state index >= 15 is 0 Å². The number of carbonyl (C=O) groups is 1. The van der Waals surface area contributed by atoms with Crippen molar-refractivity contribution in [1.29, 1.82) is 0 Å². The van der Waals surface area contributed by atoms with Crippen LogP contribution in [0.5, 0.6) is 0 Å². The van der Waals surface area contributed by atoms with E-state index in [-0.39, 0.29) is 6.04 Å². The number of carbonyl (C=O) groups excluding carboxylic acids is 1. The van der Waals surface area contributed by atoms with Crippen LogP contribution in [-0.4, -0.2) is 71.3 Å². The van der Waals surface area contributed by atoms with Gasteiger partial charge in [0.2, 0.25) is 0 Å². The van der Waals surface area contributed by atoms with Crippen LogP contribution in [0, 0.1) is 6.92 Å². The molecule has 1 saturated heterocycles. The largest absolute Gasteiger partial charge is 0.329 e. The molecule has 3 aromatic heterocycles. The second kappa shape index (κ2) is 10.1. The number of aldehydes is 1. The third kappa shape index (κ3) is 5.17. The minimum atomic E-state index is -0.263. The van der Waals surface area contributed by atoms with Gasteiger partial charge in [-0.05, 0) is 49.9 Å². The number of nitrogens with one attached hydrogen (secondary N) is 1. The summed E-state index contributed by atoms with van der Waals surface area (Å²) in [7, 11) is 4.12. The number of thiazole rings is 1. The van der Waals surface area contributed by atoms with Crippen LogP contribution in [0.25, 0.3) is 10.3 Å². The summed E-state index contributed by atoms with van der Waals surface area (Å²) in [5.41, 5.74) is 4.06. The van der Waals surface area contributed by atoms with Crippen LogP contribution in [0.3, 0.4) is 0 Å². The maximum Gasteiger partial charge on any atom is 0.190 e. The van der Waals surface area contributed by atoms with Crippen LogP contribution in [-0.2, 0) is 4.79 Å². The summed E-state index contributed by atoms with van der Waals surface area (Å²) in [5.74, 6) is 1.55. The first-order valence-corrected chi connectivity index (χ1v) is 12.5. The Morgan fingerprint density at radius 1 is 1.03 bits per heavy atom. The smallest absolute Gasteiger partial charge is 0.190 e. The third-order valence-corrected chi connectivity index (χ3v) is 7.31. The predicted octanol–water partition coefficient (Wildman–Crippen LogP) is 4.39. The quantitative estimate of drug-likeness (QED) is 0.385. The van der Waals surface area contributed by atoms with Crippen LogP contribution in [0.4, 0.5) is 22.5 Å². The van der Waals surface area contributed by atoms with Crippen molar-refractivity contribution in [2.75, 3.05) is 50.5 Å². The van der Waals surface area contributed by atoms with Gasteiger partial charge in [0, 0.05) is 45.1 Å². The number of fused-ring (bicyclic) bond motifs is 1. The molecule has 35 heavy (non-hydrogen) atoms. The van der Waals surface area contributed by atoms with Crippen molar-refractivity contribution in [2.24, 2.45) is 0 Å². The molecule has 4 aromatic rings. The van der Waals surface area contributed by atoms with Crippen LogP contribution in [0.1, 0.15) is 17.2 Å². The zero-order valence-corrected chi connectivity index (χ0v) is 21.0. The number of hydrogen-bond donors (Lipinski definition) is 1. The van der Waals surface area contributed by atoms with Gasteiger partial charge in [-0.15, -0.1) is 0 Å². The minimum Gasteiger partial charge on any atom is -0.329 e. The van der Waals surface area contributed by atoms with Crippen molar-refractivity contribution in [1.82, 2.24) is 24.8 Å². The highest BCUT2D eigenvalue weighted by atomic mass is 32.1. The van der Waals surface area contributed by atoms with Gasteiger partial charge in [0.15, 0.2) is 5.13 Å². The van der Waals surface area contributed by atoms with Gasteiger partial charge in [-0.1, -0.05) is 35.1 Å². The molecule has 1 atom stereocenters. The molecule has 0 aliphatic carbocycles. The highest BCUT2D eigenvalue weighted by molar-refractivity contribution is 7.21. The summed E-state index contributed by atoms with van der Waals surface area (Å²) in [6.45, 7) is 5.76. The summed E-state index contributed by atoms with van der Waals surface area (Å²) >= 11 is 1.49. The van der Waals surface area contributed by atoms with Crippen LogP contribution < -0.4 is 10.2 Å². The maximum atomic E-state index is 11.8. The Balaban J connectivity index is 1.29. The molecule has 0 radical (unpaired) electrons. The van der Waals surface area contributed by atoms with Crippen LogP contribution in [0.2, 0.25) is 0 Å². The van der Waals surface area contributed by atoms with Gasteiger partial charge in [-0.25, -0.2) is 15.0 Å². The minimum absolute atomic E-state index is 0.263. The Hall–Kier alpha value is -3.40. The predicted molar refractivity (Wildman–Crippen MR) is 142 cm³/mol. The van der Waals surface area contributed by atoms with Crippen molar-refractivity contribution in [3.63, 3.8) is 0 Å². The molecule has 180 valence electrons. The molecule has 1 unspecified atom stereocenters. The molecule has 1 aliphatic rings. The number of pyridine rings is 2. The fraction of sp³-hybridized carbons (Fsp3) is 0.308. The Morgan fingerprint density at radius 2 is 1.80 bits per heavy atom. The van der Waals surface area contributed by atoms with E-state index < -0.39 is 0 Å². The van der Waals surface area contributed by atoms with Gasteiger partial charge in [-0.3, -0.25) is 4.90 Å². The van der Waals surface area contributed by atoms with Gasteiger partial charge < -0.3 is 19.9 Å². The second-order valence-electron chi connectivity index (χ2n) is 8.93. The normalized spacial score (nSPS) is 15.7. The number of benzene rings is 1. The van der Waals surface area contributed by atoms with Gasteiger partial charge in [0.1, 0.15) is 28.3 Å². The lowest BCUT2D eigenvalue weighted by Gasteiger charge is -2.35. The molecule has 9 heteroatoms. The Kier molecular flexibility index (Phi) is 6.72. The van der Waals surface area contributed by atoms with Crippen molar-refractivity contribution in [2.45, 2.75) is 13.0 Å². The van der Waals surface area contributed by atoms with Gasteiger partial charge in [0.25, 0.3) is 0 Å². The maximum absolute atomic E-state index is 11.8. The zero-order valence-electron chi connectivity index (χ0n) is 20.2. The fourth-order valence-corrected chi connectivity index (χ4v) is 5.03. The number of anilines is 4. The van der Waals surface area contributed by atoms with Crippen molar-refractivity contribution in [3.8, 4) is 0 Å². The molecule has 0 bridgehead atoms. The topological polar surface area (TPSA) is 77.5 Å². The lowest BCUT2D eigenvalue weighted by Crippen LogP contribution is -2.46. The van der Waals surface area contributed by atoms with E-state index in [0.29, 0.717) is 5.82 Å². The van der Waals surface area contributed by atoms with E-state index in [1.165, 1.54) is 16.9 Å². The van der Waals surface area contributed by atoms with Gasteiger partial charge in [-0.2, -0.15) is 0 Å². The van der Waals surface area contributed by atoms with Crippen molar-refractivity contribution < 1.29 is 4.79 Å². The van der Waals surface area contributed by atoms with Gasteiger partial charge in [0.05, 0.1) is 6.04 Å². The molecular formula is C26H29N7OS. The summed E-state index contributed by atoms with van der Waals surface area (Å²) < 4.78 is 0. The first kappa shape index (κ1) is 23.3. The third-order valence-electron chi connectivity index (χ3n) is 6.43. The zero-order chi connectivity index (χ0) is 24.4. The number of piperazine rings is 1. The summed E-state index contributed by atoms with van der Waals surface area (Å²) in [6, 6.07) is 16.0. The summed E-state index contributed by atoms with van der Waals surface area (Å²) in [5, 5.41) is 4.01. The molecule has 0 spiro atoms. The summed E-state index contributed by atoms with van der Waals surface area (Å²) in [6.07, 6.45) is 2.79. The fourth-order valence-electron chi connectivity index (χ4n) is 4.19. The van der Waals surface area contributed by atoms with E-state index in [9.17, 15) is 4.79 Å². The lowest BCUT2D eigenvalue weighted by molar-refractivity contribution is -0.113. The molecular weight excluding hydrogens is 458 g/mol. The molecule has 8 nitrogen and oxygen atoms in total. The van der Waals surface area contributed by atoms with E-state index in [4.69, 9.17) is 4.98 Å². The van der Waals surface area contributed by atoms with Gasteiger partial charge >= 0.3 is 0 Å². The second-order valence-corrected chi connectivity index (χ2v) is 9.91. The van der Waals surface area contributed by atoms with E-state index in [1.807, 2.05) is 31.3 Å². The number of rotatable bonds is 7. The number of aromatic nitrogens is 3. The molecule has 1 fully saturated rings. The molecule has 1 aromatic carbocycles. The van der Waals surface area contributed by atoms with Crippen LogP contribution in [0.15, 0.2) is 54.7 Å². The summed E-state index contributed by atoms with van der Waals surface area (Å²) in [4.78, 5) is 33.3. The first-order chi connectivity index (χ1) is 17.0. The Bertz CT molecular complexity index is 1300. The SMILES string of the molecule is Cc1ccc(N(C)c2ccc3nc(Nc4ccc(C(C=O)N5CCN(C)CC5)cn4)sc3n2)cc1. The average molecular weight is 488 g/mol. The number of nitrogens with zero attached hydrogens (tertiary/aromatic N) is 6. The highest BCUT2D eigenvalue weighted by Crippen LogP contribution is 2.30. The highest BCUT2D eigenvalue weighted by Gasteiger charge is 2.23. The number of hydrogen-bond acceptors (Lipinski definition) is 9.